The quantitative estimate of drug-likeness (QED) is 0.532. The standard InChI is InChI=1S/C10H15NS/c1-10(2,7-12)8-3-5-9(11)6-4-8/h3-6,12H,7,11H2,1-2H3. The van der Waals surface area contributed by atoms with Gasteiger partial charge in [-0.3, -0.25) is 0 Å². The van der Waals surface area contributed by atoms with Gasteiger partial charge in [0.2, 0.25) is 0 Å². The van der Waals surface area contributed by atoms with Crippen molar-refractivity contribution in [2.45, 2.75) is 19.3 Å². The highest BCUT2D eigenvalue weighted by Crippen LogP contribution is 2.24. The molecule has 0 heterocycles. The average molecular weight is 181 g/mol. The van der Waals surface area contributed by atoms with Crippen molar-refractivity contribution in [3.05, 3.63) is 29.8 Å². The Balaban J connectivity index is 2.96. The number of hydrogen-bond donors (Lipinski definition) is 2. The first-order chi connectivity index (χ1) is 5.56. The Morgan fingerprint density at radius 1 is 1.25 bits per heavy atom. The van der Waals surface area contributed by atoms with Gasteiger partial charge in [-0.25, -0.2) is 0 Å². The van der Waals surface area contributed by atoms with Crippen LogP contribution in [0.5, 0.6) is 0 Å². The van der Waals surface area contributed by atoms with E-state index in [-0.39, 0.29) is 5.41 Å². The Bertz CT molecular complexity index is 251. The van der Waals surface area contributed by atoms with Gasteiger partial charge in [0.1, 0.15) is 0 Å². The summed E-state index contributed by atoms with van der Waals surface area (Å²) in [7, 11) is 0. The third-order valence-corrected chi connectivity index (χ3v) is 2.88. The van der Waals surface area contributed by atoms with Gasteiger partial charge in [0.05, 0.1) is 0 Å². The SMILES string of the molecule is CC(C)(CS)c1ccc(N)cc1. The molecule has 0 radical (unpaired) electrons. The van der Waals surface area contributed by atoms with Crippen LogP contribution < -0.4 is 5.73 Å². The molecule has 0 saturated carbocycles. The van der Waals surface area contributed by atoms with E-state index in [9.17, 15) is 0 Å². The number of hydrogen-bond acceptors (Lipinski definition) is 2. The molecule has 0 amide bonds. The summed E-state index contributed by atoms with van der Waals surface area (Å²) in [6, 6.07) is 7.98. The number of anilines is 1. The van der Waals surface area contributed by atoms with Crippen molar-refractivity contribution >= 4 is 18.3 Å². The molecule has 0 aliphatic carbocycles. The predicted octanol–water partition coefficient (Wildman–Crippen LogP) is 2.48. The molecular formula is C10H15NS. The monoisotopic (exact) mass is 181 g/mol. The normalized spacial score (nSPS) is 11.6. The van der Waals surface area contributed by atoms with Gasteiger partial charge in [-0.15, -0.1) is 0 Å². The third kappa shape index (κ3) is 1.95. The number of nitrogen functional groups attached to an aromatic ring is 1. The second-order valence-electron chi connectivity index (χ2n) is 3.66. The Labute approximate surface area is 79.4 Å². The largest absolute Gasteiger partial charge is 0.399 e. The maximum Gasteiger partial charge on any atom is 0.0314 e. The van der Waals surface area contributed by atoms with Crippen molar-refractivity contribution in [3.8, 4) is 0 Å². The van der Waals surface area contributed by atoms with Crippen LogP contribution in [-0.4, -0.2) is 5.75 Å². The molecule has 0 aromatic heterocycles. The molecule has 0 aliphatic heterocycles. The van der Waals surface area contributed by atoms with Gasteiger partial charge in [0.25, 0.3) is 0 Å². The van der Waals surface area contributed by atoms with Gasteiger partial charge in [0, 0.05) is 5.69 Å². The summed E-state index contributed by atoms with van der Waals surface area (Å²) >= 11 is 4.31. The van der Waals surface area contributed by atoms with Gasteiger partial charge in [-0.05, 0) is 28.9 Å². The highest BCUT2D eigenvalue weighted by atomic mass is 32.1. The lowest BCUT2D eigenvalue weighted by atomic mass is 9.87. The molecule has 0 aliphatic rings. The molecule has 1 aromatic rings. The average Bonchev–Trinajstić information content (AvgIpc) is 2.05. The fraction of sp³-hybridized carbons (Fsp3) is 0.400. The number of thiol groups is 1. The van der Waals surface area contributed by atoms with E-state index in [4.69, 9.17) is 5.73 Å². The van der Waals surface area contributed by atoms with Crippen molar-refractivity contribution in [2.75, 3.05) is 11.5 Å². The summed E-state index contributed by atoms with van der Waals surface area (Å²) in [5, 5.41) is 0. The van der Waals surface area contributed by atoms with Crippen molar-refractivity contribution < 1.29 is 0 Å². The zero-order chi connectivity index (χ0) is 9.19. The number of rotatable bonds is 2. The predicted molar refractivity (Wildman–Crippen MR) is 57.7 cm³/mol. The third-order valence-electron chi connectivity index (χ3n) is 2.09. The zero-order valence-corrected chi connectivity index (χ0v) is 8.44. The van der Waals surface area contributed by atoms with Crippen molar-refractivity contribution in [1.29, 1.82) is 0 Å². The van der Waals surface area contributed by atoms with E-state index >= 15 is 0 Å². The molecule has 1 rings (SSSR count). The summed E-state index contributed by atoms with van der Waals surface area (Å²) in [4.78, 5) is 0. The van der Waals surface area contributed by atoms with Crippen LogP contribution in [0.25, 0.3) is 0 Å². The minimum atomic E-state index is 0.136. The van der Waals surface area contributed by atoms with Crippen LogP contribution in [0.4, 0.5) is 5.69 Å². The second kappa shape index (κ2) is 3.40. The van der Waals surface area contributed by atoms with E-state index in [1.54, 1.807) is 0 Å². The second-order valence-corrected chi connectivity index (χ2v) is 3.98. The first kappa shape index (κ1) is 9.46. The summed E-state index contributed by atoms with van der Waals surface area (Å²) in [5.74, 6) is 0.844. The van der Waals surface area contributed by atoms with Crippen LogP contribution >= 0.6 is 12.6 Å². The first-order valence-electron chi connectivity index (χ1n) is 4.03. The highest BCUT2D eigenvalue weighted by Gasteiger charge is 2.17. The lowest BCUT2D eigenvalue weighted by Gasteiger charge is -2.22. The summed E-state index contributed by atoms with van der Waals surface area (Å²) < 4.78 is 0. The van der Waals surface area contributed by atoms with E-state index < -0.39 is 0 Å². The first-order valence-corrected chi connectivity index (χ1v) is 4.66. The van der Waals surface area contributed by atoms with Crippen molar-refractivity contribution in [2.24, 2.45) is 0 Å². The molecule has 0 unspecified atom stereocenters. The molecule has 12 heavy (non-hydrogen) atoms. The molecule has 0 atom stereocenters. The van der Waals surface area contributed by atoms with E-state index in [0.29, 0.717) is 0 Å². The molecule has 1 aromatic carbocycles. The van der Waals surface area contributed by atoms with Crippen molar-refractivity contribution in [3.63, 3.8) is 0 Å². The lowest BCUT2D eigenvalue weighted by molar-refractivity contribution is 0.604. The molecule has 66 valence electrons. The smallest absolute Gasteiger partial charge is 0.0314 e. The Morgan fingerprint density at radius 3 is 2.17 bits per heavy atom. The summed E-state index contributed by atoms with van der Waals surface area (Å²) in [5.41, 5.74) is 7.83. The van der Waals surface area contributed by atoms with Gasteiger partial charge in [-0.1, -0.05) is 26.0 Å². The topological polar surface area (TPSA) is 26.0 Å². The summed E-state index contributed by atoms with van der Waals surface area (Å²) in [6.07, 6.45) is 0. The number of nitrogens with two attached hydrogens (primary N) is 1. The molecule has 0 saturated heterocycles. The molecule has 2 N–H and O–H groups in total. The fourth-order valence-electron chi connectivity index (χ4n) is 1.03. The van der Waals surface area contributed by atoms with Gasteiger partial charge in [-0.2, -0.15) is 12.6 Å². The van der Waals surface area contributed by atoms with Gasteiger partial charge >= 0.3 is 0 Å². The molecular weight excluding hydrogens is 166 g/mol. The van der Waals surface area contributed by atoms with Crippen LogP contribution in [0.2, 0.25) is 0 Å². The van der Waals surface area contributed by atoms with Crippen LogP contribution in [0.3, 0.4) is 0 Å². The number of benzene rings is 1. The van der Waals surface area contributed by atoms with Crippen LogP contribution in [0.15, 0.2) is 24.3 Å². The zero-order valence-electron chi connectivity index (χ0n) is 7.54. The maximum absolute atomic E-state index is 5.59. The van der Waals surface area contributed by atoms with Gasteiger partial charge < -0.3 is 5.73 Å². The minimum absolute atomic E-state index is 0.136. The molecule has 1 nitrogen and oxygen atoms in total. The van der Waals surface area contributed by atoms with Gasteiger partial charge in [0.15, 0.2) is 0 Å². The fourth-order valence-corrected chi connectivity index (χ4v) is 1.21. The van der Waals surface area contributed by atoms with E-state index in [1.807, 2.05) is 12.1 Å². The molecule has 0 fully saturated rings. The van der Waals surface area contributed by atoms with Crippen LogP contribution in [0.1, 0.15) is 19.4 Å². The van der Waals surface area contributed by atoms with Crippen molar-refractivity contribution in [1.82, 2.24) is 0 Å². The van der Waals surface area contributed by atoms with E-state index in [2.05, 4.69) is 38.6 Å². The van der Waals surface area contributed by atoms with Crippen LogP contribution in [-0.2, 0) is 5.41 Å². The Kier molecular flexibility index (Phi) is 2.68. The maximum atomic E-state index is 5.59. The molecule has 0 bridgehead atoms. The lowest BCUT2D eigenvalue weighted by Crippen LogP contribution is -2.18. The molecule has 0 spiro atoms. The van der Waals surface area contributed by atoms with E-state index in [0.717, 1.165) is 11.4 Å². The summed E-state index contributed by atoms with van der Waals surface area (Å²) in [6.45, 7) is 4.34. The Morgan fingerprint density at radius 2 is 1.75 bits per heavy atom. The Hall–Kier alpha value is -0.630. The molecule has 2 heteroatoms. The van der Waals surface area contributed by atoms with E-state index in [1.165, 1.54) is 5.56 Å². The van der Waals surface area contributed by atoms with Crippen LogP contribution in [0, 0.1) is 0 Å². The minimum Gasteiger partial charge on any atom is -0.399 e. The highest BCUT2D eigenvalue weighted by molar-refractivity contribution is 7.80.